The molecule has 0 saturated carbocycles. The molecule has 0 bridgehead atoms. The van der Waals surface area contributed by atoms with Crippen LogP contribution in [0.1, 0.15) is 17.0 Å². The van der Waals surface area contributed by atoms with E-state index in [1.807, 2.05) is 31.2 Å². The number of hydrogen-bond donors (Lipinski definition) is 0. The van der Waals surface area contributed by atoms with Crippen LogP contribution in [0.4, 0.5) is 5.69 Å². The zero-order valence-corrected chi connectivity index (χ0v) is 14.8. The monoisotopic (exact) mass is 369 g/mol. The van der Waals surface area contributed by atoms with Gasteiger partial charge in [-0.15, -0.1) is 11.8 Å². The van der Waals surface area contributed by atoms with Gasteiger partial charge in [-0.05, 0) is 13.0 Å². The van der Waals surface area contributed by atoms with E-state index in [-0.39, 0.29) is 12.5 Å². The highest BCUT2D eigenvalue weighted by Gasteiger charge is 2.21. The van der Waals surface area contributed by atoms with Crippen LogP contribution >= 0.6 is 11.8 Å². The maximum Gasteiger partial charge on any atom is 0.270 e. The Hall–Kier alpha value is -2.71. The second kappa shape index (κ2) is 6.89. The number of para-hydroxylation sites is 1. The summed E-state index contributed by atoms with van der Waals surface area (Å²) < 4.78 is 10.8. The lowest BCUT2D eigenvalue weighted by molar-refractivity contribution is -0.385. The minimum absolute atomic E-state index is 0.0391. The van der Waals surface area contributed by atoms with Gasteiger partial charge in [0.15, 0.2) is 6.79 Å². The van der Waals surface area contributed by atoms with Crippen molar-refractivity contribution in [1.29, 1.82) is 0 Å². The third-order valence-corrected chi connectivity index (χ3v) is 5.07. The topological polar surface area (TPSA) is 87.4 Å². The van der Waals surface area contributed by atoms with Crippen LogP contribution in [0.25, 0.3) is 10.9 Å². The first-order valence-electron chi connectivity index (χ1n) is 7.99. The number of ether oxygens (including phenoxy) is 2. The van der Waals surface area contributed by atoms with Crippen LogP contribution in [-0.2, 0) is 17.1 Å². The first-order valence-corrected chi connectivity index (χ1v) is 8.97. The predicted molar refractivity (Wildman–Crippen MR) is 97.2 cm³/mol. The molecule has 0 spiro atoms. The van der Waals surface area contributed by atoms with Crippen molar-refractivity contribution in [2.24, 2.45) is 0 Å². The Kier molecular flexibility index (Phi) is 4.44. The average molecular weight is 369 g/mol. The molecule has 2 aromatic carbocycles. The van der Waals surface area contributed by atoms with Crippen molar-refractivity contribution in [2.45, 2.75) is 24.3 Å². The van der Waals surface area contributed by atoms with Crippen molar-refractivity contribution in [3.05, 3.63) is 63.5 Å². The molecule has 0 fully saturated rings. The van der Waals surface area contributed by atoms with Gasteiger partial charge in [0.25, 0.3) is 5.69 Å². The summed E-state index contributed by atoms with van der Waals surface area (Å²) in [4.78, 5) is 19.8. The SMILES string of the molecule is Cc1nc(SCc2cc([N+](=O)[O-])cc3c2OCOC3)c2ccccc2n1. The number of hydrogen-bond acceptors (Lipinski definition) is 7. The summed E-state index contributed by atoms with van der Waals surface area (Å²) in [5, 5.41) is 13.0. The first kappa shape index (κ1) is 16.7. The highest BCUT2D eigenvalue weighted by molar-refractivity contribution is 7.98. The quantitative estimate of drug-likeness (QED) is 0.297. The number of aromatic nitrogens is 2. The molecular weight excluding hydrogens is 354 g/mol. The summed E-state index contributed by atoms with van der Waals surface area (Å²) in [7, 11) is 0. The standard InChI is InChI=1S/C18H15N3O4S/c1-11-19-16-5-3-2-4-15(16)18(20-11)26-9-13-7-14(21(22)23)6-12-8-24-10-25-17(12)13/h2-7H,8-10H2,1H3. The van der Waals surface area contributed by atoms with Gasteiger partial charge in [-0.1, -0.05) is 18.2 Å². The van der Waals surface area contributed by atoms with Crippen LogP contribution in [0.3, 0.4) is 0 Å². The Labute approximate surface area is 153 Å². The van der Waals surface area contributed by atoms with Gasteiger partial charge in [0.2, 0.25) is 0 Å². The van der Waals surface area contributed by atoms with E-state index < -0.39 is 4.92 Å². The van der Waals surface area contributed by atoms with Gasteiger partial charge in [0.1, 0.15) is 16.6 Å². The molecule has 0 amide bonds. The summed E-state index contributed by atoms with van der Waals surface area (Å²) in [6.07, 6.45) is 0. The molecule has 3 aromatic rings. The molecule has 7 nitrogen and oxygen atoms in total. The number of thioether (sulfide) groups is 1. The number of fused-ring (bicyclic) bond motifs is 2. The fourth-order valence-electron chi connectivity index (χ4n) is 2.91. The van der Waals surface area contributed by atoms with E-state index in [9.17, 15) is 10.1 Å². The molecule has 132 valence electrons. The Morgan fingerprint density at radius 2 is 2.12 bits per heavy atom. The fourth-order valence-corrected chi connectivity index (χ4v) is 3.94. The van der Waals surface area contributed by atoms with Gasteiger partial charge in [-0.3, -0.25) is 10.1 Å². The van der Waals surface area contributed by atoms with Gasteiger partial charge in [0, 0.05) is 34.4 Å². The van der Waals surface area contributed by atoms with Gasteiger partial charge < -0.3 is 9.47 Å². The first-order chi connectivity index (χ1) is 12.6. The number of benzene rings is 2. The van der Waals surface area contributed by atoms with Crippen molar-refractivity contribution >= 4 is 28.4 Å². The van der Waals surface area contributed by atoms with Crippen molar-refractivity contribution in [1.82, 2.24) is 9.97 Å². The Morgan fingerprint density at radius 1 is 1.27 bits per heavy atom. The molecule has 1 aliphatic heterocycles. The third kappa shape index (κ3) is 3.21. The van der Waals surface area contributed by atoms with Crippen LogP contribution in [-0.4, -0.2) is 21.7 Å². The smallest absolute Gasteiger partial charge is 0.270 e. The molecule has 26 heavy (non-hydrogen) atoms. The summed E-state index contributed by atoms with van der Waals surface area (Å²) in [6.45, 7) is 2.31. The van der Waals surface area contributed by atoms with E-state index in [0.717, 1.165) is 21.5 Å². The number of aryl methyl sites for hydroxylation is 1. The second-order valence-electron chi connectivity index (χ2n) is 5.84. The van der Waals surface area contributed by atoms with Gasteiger partial charge in [0.05, 0.1) is 17.0 Å². The van der Waals surface area contributed by atoms with Crippen molar-refractivity contribution in [3.63, 3.8) is 0 Å². The maximum atomic E-state index is 11.2. The van der Waals surface area contributed by atoms with E-state index >= 15 is 0 Å². The Balaban J connectivity index is 1.70. The average Bonchev–Trinajstić information content (AvgIpc) is 2.65. The molecule has 0 unspecified atom stereocenters. The molecule has 4 rings (SSSR count). The molecule has 0 atom stereocenters. The van der Waals surface area contributed by atoms with Gasteiger partial charge >= 0.3 is 0 Å². The molecule has 1 aromatic heterocycles. The van der Waals surface area contributed by atoms with Crippen molar-refractivity contribution in [3.8, 4) is 5.75 Å². The fraction of sp³-hybridized carbons (Fsp3) is 0.222. The van der Waals surface area contributed by atoms with E-state index in [0.29, 0.717) is 29.5 Å². The number of rotatable bonds is 4. The second-order valence-corrected chi connectivity index (χ2v) is 6.81. The maximum absolute atomic E-state index is 11.2. The lowest BCUT2D eigenvalue weighted by Crippen LogP contribution is -2.13. The summed E-state index contributed by atoms with van der Waals surface area (Å²) in [6, 6.07) is 10.9. The molecule has 0 radical (unpaired) electrons. The highest BCUT2D eigenvalue weighted by atomic mass is 32.2. The van der Waals surface area contributed by atoms with Gasteiger partial charge in [-0.2, -0.15) is 0 Å². The Bertz CT molecular complexity index is 1010. The predicted octanol–water partition coefficient (Wildman–Crippen LogP) is 4.01. The van der Waals surface area contributed by atoms with Crippen LogP contribution in [0.2, 0.25) is 0 Å². The van der Waals surface area contributed by atoms with Crippen LogP contribution < -0.4 is 4.74 Å². The van der Waals surface area contributed by atoms with Gasteiger partial charge in [-0.25, -0.2) is 9.97 Å². The third-order valence-electron chi connectivity index (χ3n) is 4.03. The molecule has 0 N–H and O–H groups in total. The van der Waals surface area contributed by atoms with Crippen LogP contribution in [0, 0.1) is 17.0 Å². The summed E-state index contributed by atoms with van der Waals surface area (Å²) in [5.41, 5.74) is 2.39. The summed E-state index contributed by atoms with van der Waals surface area (Å²) in [5.74, 6) is 1.87. The van der Waals surface area contributed by atoms with Crippen molar-refractivity contribution in [2.75, 3.05) is 6.79 Å². The summed E-state index contributed by atoms with van der Waals surface area (Å²) >= 11 is 1.52. The molecule has 0 saturated heterocycles. The zero-order chi connectivity index (χ0) is 18.1. The van der Waals surface area contributed by atoms with E-state index in [1.54, 1.807) is 6.07 Å². The molecule has 8 heteroatoms. The molecule has 1 aliphatic rings. The lowest BCUT2D eigenvalue weighted by atomic mass is 10.1. The highest BCUT2D eigenvalue weighted by Crippen LogP contribution is 2.37. The number of nitro groups is 1. The lowest BCUT2D eigenvalue weighted by Gasteiger charge is -2.20. The van der Waals surface area contributed by atoms with Crippen molar-refractivity contribution < 1.29 is 14.4 Å². The van der Waals surface area contributed by atoms with E-state index in [2.05, 4.69) is 9.97 Å². The largest absolute Gasteiger partial charge is 0.467 e. The van der Waals surface area contributed by atoms with Crippen LogP contribution in [0.5, 0.6) is 5.75 Å². The molecular formula is C18H15N3O4S. The minimum Gasteiger partial charge on any atom is -0.467 e. The molecule has 0 aliphatic carbocycles. The number of nitro benzene ring substituents is 1. The normalized spacial score (nSPS) is 13.3. The van der Waals surface area contributed by atoms with Crippen LogP contribution in [0.15, 0.2) is 41.4 Å². The van der Waals surface area contributed by atoms with E-state index in [1.165, 1.54) is 17.8 Å². The number of nitrogens with zero attached hydrogens (tertiary/aromatic N) is 3. The minimum atomic E-state index is -0.396. The Morgan fingerprint density at radius 3 is 2.96 bits per heavy atom. The molecule has 2 heterocycles. The zero-order valence-electron chi connectivity index (χ0n) is 14.0. The van der Waals surface area contributed by atoms with E-state index in [4.69, 9.17) is 9.47 Å². The number of non-ortho nitro benzene ring substituents is 1.